The zero-order valence-electron chi connectivity index (χ0n) is 19.3. The average molecular weight is 550 g/mol. The molecular formula is C28H21BrFNO5. The first-order chi connectivity index (χ1) is 17.4. The molecule has 1 atom stereocenters. The highest BCUT2D eigenvalue weighted by Gasteiger charge is 2.43. The molecule has 1 aliphatic rings. The Hall–Kier alpha value is -3.78. The fourth-order valence-corrected chi connectivity index (χ4v) is 4.68. The highest BCUT2D eigenvalue weighted by Crippen LogP contribution is 2.41. The number of anilines is 1. The molecule has 3 aromatic carbocycles. The Balaban J connectivity index is 1.62. The van der Waals surface area contributed by atoms with Crippen LogP contribution in [0.2, 0.25) is 0 Å². The van der Waals surface area contributed by atoms with Crippen LogP contribution >= 0.6 is 15.9 Å². The van der Waals surface area contributed by atoms with E-state index in [0.29, 0.717) is 38.9 Å². The molecular weight excluding hydrogens is 529 g/mol. The Morgan fingerprint density at radius 2 is 1.78 bits per heavy atom. The first kappa shape index (κ1) is 23.9. The summed E-state index contributed by atoms with van der Waals surface area (Å²) < 4.78 is 25.6. The Morgan fingerprint density at radius 1 is 1.06 bits per heavy atom. The SMILES string of the molecule is CCCCOC(=O)c1ccc(N2C(=O)c3oc4ccc(Br)cc4c(=O)c3C2c2ccc(F)cc2)cc1. The van der Waals surface area contributed by atoms with Gasteiger partial charge in [-0.05, 0) is 66.6 Å². The minimum Gasteiger partial charge on any atom is -0.462 e. The Labute approximate surface area is 214 Å². The molecule has 1 unspecified atom stereocenters. The number of hydrogen-bond acceptors (Lipinski definition) is 5. The van der Waals surface area contributed by atoms with Gasteiger partial charge in [0.2, 0.25) is 5.76 Å². The van der Waals surface area contributed by atoms with Gasteiger partial charge in [-0.1, -0.05) is 41.4 Å². The number of carbonyl (C=O) groups is 2. The van der Waals surface area contributed by atoms with Crippen LogP contribution in [0.1, 0.15) is 57.8 Å². The van der Waals surface area contributed by atoms with Crippen molar-refractivity contribution in [1.29, 1.82) is 0 Å². The van der Waals surface area contributed by atoms with Crippen molar-refractivity contribution in [2.24, 2.45) is 0 Å². The van der Waals surface area contributed by atoms with E-state index >= 15 is 0 Å². The summed E-state index contributed by atoms with van der Waals surface area (Å²) in [4.78, 5) is 41.0. The van der Waals surface area contributed by atoms with Crippen LogP contribution < -0.4 is 10.3 Å². The Kier molecular flexibility index (Phi) is 6.45. The van der Waals surface area contributed by atoms with Gasteiger partial charge >= 0.3 is 5.97 Å². The second-order valence-electron chi connectivity index (χ2n) is 8.48. The third-order valence-electron chi connectivity index (χ3n) is 6.13. The number of hydrogen-bond donors (Lipinski definition) is 0. The predicted molar refractivity (Wildman–Crippen MR) is 137 cm³/mol. The predicted octanol–water partition coefficient (Wildman–Crippen LogP) is 6.40. The third-order valence-corrected chi connectivity index (χ3v) is 6.62. The fraction of sp³-hybridized carbons (Fsp3) is 0.179. The van der Waals surface area contributed by atoms with E-state index in [1.54, 1.807) is 54.6 Å². The van der Waals surface area contributed by atoms with Gasteiger partial charge in [0.25, 0.3) is 5.91 Å². The van der Waals surface area contributed by atoms with Crippen LogP contribution in [0.15, 0.2) is 80.4 Å². The number of halogens is 2. The maximum absolute atomic E-state index is 13.7. The molecule has 0 fully saturated rings. The number of rotatable bonds is 6. The number of benzene rings is 3. The molecule has 2 heterocycles. The molecule has 1 aliphatic heterocycles. The van der Waals surface area contributed by atoms with Crippen molar-refractivity contribution in [3.05, 3.63) is 110 Å². The molecule has 6 nitrogen and oxygen atoms in total. The summed E-state index contributed by atoms with van der Waals surface area (Å²) in [6, 6.07) is 16.2. The molecule has 0 saturated carbocycles. The fourth-order valence-electron chi connectivity index (χ4n) is 4.32. The standard InChI is InChI=1S/C28H21BrFNO5/c1-2-3-14-35-28(34)17-6-11-20(12-7-17)31-24(16-4-9-19(30)10-5-16)23-25(32)21-15-18(29)8-13-22(21)36-26(23)27(31)33/h4-13,15,24H,2-3,14H2,1H3. The summed E-state index contributed by atoms with van der Waals surface area (Å²) in [6.45, 7) is 2.34. The first-order valence-corrected chi connectivity index (χ1v) is 12.3. The lowest BCUT2D eigenvalue weighted by Gasteiger charge is -2.25. The molecule has 0 saturated heterocycles. The molecule has 0 spiro atoms. The van der Waals surface area contributed by atoms with E-state index in [2.05, 4.69) is 15.9 Å². The maximum Gasteiger partial charge on any atom is 0.338 e. The molecule has 1 aromatic heterocycles. The molecule has 36 heavy (non-hydrogen) atoms. The van der Waals surface area contributed by atoms with Crippen LogP contribution in [0.3, 0.4) is 0 Å². The maximum atomic E-state index is 13.7. The van der Waals surface area contributed by atoms with Gasteiger partial charge in [-0.25, -0.2) is 9.18 Å². The van der Waals surface area contributed by atoms with Crippen LogP contribution in [-0.4, -0.2) is 18.5 Å². The largest absolute Gasteiger partial charge is 0.462 e. The molecule has 0 N–H and O–H groups in total. The van der Waals surface area contributed by atoms with E-state index in [1.807, 2.05) is 6.92 Å². The zero-order valence-corrected chi connectivity index (χ0v) is 20.9. The van der Waals surface area contributed by atoms with Crippen LogP contribution in [0, 0.1) is 5.82 Å². The lowest BCUT2D eigenvalue weighted by Crippen LogP contribution is -2.29. The number of carbonyl (C=O) groups excluding carboxylic acids is 2. The van der Waals surface area contributed by atoms with Gasteiger partial charge in [0.15, 0.2) is 5.43 Å². The lowest BCUT2D eigenvalue weighted by atomic mass is 9.98. The van der Waals surface area contributed by atoms with Gasteiger partial charge in [0.05, 0.1) is 29.2 Å². The molecule has 0 bridgehead atoms. The summed E-state index contributed by atoms with van der Waals surface area (Å²) in [5, 5.41) is 0.329. The smallest absolute Gasteiger partial charge is 0.338 e. The summed E-state index contributed by atoms with van der Waals surface area (Å²) in [5.74, 6) is -1.45. The van der Waals surface area contributed by atoms with Crippen molar-refractivity contribution in [2.75, 3.05) is 11.5 Å². The summed E-state index contributed by atoms with van der Waals surface area (Å²) >= 11 is 3.38. The minimum atomic E-state index is -0.838. The molecule has 1 amide bonds. The summed E-state index contributed by atoms with van der Waals surface area (Å²) in [6.07, 6.45) is 1.68. The molecule has 5 rings (SSSR count). The zero-order chi connectivity index (χ0) is 25.4. The van der Waals surface area contributed by atoms with Crippen molar-refractivity contribution in [3.8, 4) is 0 Å². The van der Waals surface area contributed by atoms with E-state index in [9.17, 15) is 18.8 Å². The van der Waals surface area contributed by atoms with Crippen LogP contribution in [0.5, 0.6) is 0 Å². The van der Waals surface area contributed by atoms with E-state index in [0.717, 1.165) is 12.8 Å². The highest BCUT2D eigenvalue weighted by atomic mass is 79.9. The summed E-state index contributed by atoms with van der Waals surface area (Å²) in [7, 11) is 0. The molecule has 182 valence electrons. The van der Waals surface area contributed by atoms with Gasteiger partial charge < -0.3 is 9.15 Å². The van der Waals surface area contributed by atoms with Gasteiger partial charge in [0, 0.05) is 10.2 Å². The van der Waals surface area contributed by atoms with Crippen molar-refractivity contribution in [3.63, 3.8) is 0 Å². The molecule has 8 heteroatoms. The second-order valence-corrected chi connectivity index (χ2v) is 9.40. The quantitative estimate of drug-likeness (QED) is 0.205. The van der Waals surface area contributed by atoms with E-state index in [1.165, 1.54) is 17.0 Å². The van der Waals surface area contributed by atoms with Crippen molar-refractivity contribution in [1.82, 2.24) is 0 Å². The number of fused-ring (bicyclic) bond motifs is 2. The third kappa shape index (κ3) is 4.22. The van der Waals surface area contributed by atoms with Gasteiger partial charge in [-0.15, -0.1) is 0 Å². The van der Waals surface area contributed by atoms with E-state index in [-0.39, 0.29) is 16.8 Å². The van der Waals surface area contributed by atoms with E-state index in [4.69, 9.17) is 9.15 Å². The highest BCUT2D eigenvalue weighted by molar-refractivity contribution is 9.10. The molecule has 4 aromatic rings. The number of esters is 1. The van der Waals surface area contributed by atoms with Crippen molar-refractivity contribution >= 4 is 44.5 Å². The molecule has 0 aliphatic carbocycles. The molecule has 0 radical (unpaired) electrons. The Bertz CT molecular complexity index is 1530. The van der Waals surface area contributed by atoms with Gasteiger partial charge in [-0.2, -0.15) is 0 Å². The number of nitrogens with zero attached hydrogens (tertiary/aromatic N) is 1. The van der Waals surface area contributed by atoms with Crippen molar-refractivity contribution < 1.29 is 23.1 Å². The van der Waals surface area contributed by atoms with E-state index < -0.39 is 23.7 Å². The van der Waals surface area contributed by atoms with Crippen LogP contribution in [0.25, 0.3) is 11.0 Å². The topological polar surface area (TPSA) is 76.8 Å². The van der Waals surface area contributed by atoms with Crippen molar-refractivity contribution in [2.45, 2.75) is 25.8 Å². The normalized spacial score (nSPS) is 14.8. The monoisotopic (exact) mass is 549 g/mol. The van der Waals surface area contributed by atoms with Gasteiger partial charge in [-0.3, -0.25) is 14.5 Å². The minimum absolute atomic E-state index is 0.0628. The number of ether oxygens (including phenoxy) is 1. The second kappa shape index (κ2) is 9.70. The number of unbranched alkanes of at least 4 members (excludes halogenated alkanes) is 1. The van der Waals surface area contributed by atoms with Crippen LogP contribution in [0.4, 0.5) is 10.1 Å². The number of amides is 1. The lowest BCUT2D eigenvalue weighted by molar-refractivity contribution is 0.0499. The first-order valence-electron chi connectivity index (χ1n) is 11.5. The Morgan fingerprint density at radius 3 is 2.47 bits per heavy atom. The van der Waals surface area contributed by atoms with Crippen LogP contribution in [-0.2, 0) is 4.74 Å². The average Bonchev–Trinajstić information content (AvgIpc) is 3.17. The van der Waals surface area contributed by atoms with Gasteiger partial charge in [0.1, 0.15) is 11.4 Å². The summed E-state index contributed by atoms with van der Waals surface area (Å²) in [5.41, 5.74) is 1.49.